The summed E-state index contributed by atoms with van der Waals surface area (Å²) in [5, 5.41) is 0.307. The molecule has 0 unspecified atom stereocenters. The van der Waals surface area contributed by atoms with Crippen molar-refractivity contribution in [3.63, 3.8) is 0 Å². The summed E-state index contributed by atoms with van der Waals surface area (Å²) in [6.07, 6.45) is 0. The van der Waals surface area contributed by atoms with Gasteiger partial charge in [-0.25, -0.2) is 4.79 Å². The summed E-state index contributed by atoms with van der Waals surface area (Å²) in [5.74, 6) is -0.516. The van der Waals surface area contributed by atoms with Crippen molar-refractivity contribution in [3.05, 3.63) is 28.8 Å². The molecule has 0 aliphatic carbocycles. The zero-order valence-corrected chi connectivity index (χ0v) is 10.7. The summed E-state index contributed by atoms with van der Waals surface area (Å²) >= 11 is 5.72. The van der Waals surface area contributed by atoms with Crippen molar-refractivity contribution < 1.29 is 44.6 Å². The predicted octanol–water partition coefficient (Wildman–Crippen LogP) is -1.46. The zero-order chi connectivity index (χ0) is 9.14. The van der Waals surface area contributed by atoms with Gasteiger partial charge in [0.25, 0.3) is 0 Å². The number of benzene rings is 1. The molecule has 0 radical (unpaired) electrons. The number of hydrogen-bond acceptors (Lipinski definition) is 4. The summed E-state index contributed by atoms with van der Waals surface area (Å²) in [4.78, 5) is 11.1. The van der Waals surface area contributed by atoms with Crippen molar-refractivity contribution in [1.82, 2.24) is 0 Å². The van der Waals surface area contributed by atoms with Crippen LogP contribution in [0.15, 0.2) is 18.2 Å². The van der Waals surface area contributed by atoms with E-state index < -0.39 is 5.97 Å². The third-order valence-corrected chi connectivity index (χ3v) is 1.75. The first-order valence-corrected chi connectivity index (χ1v) is 3.67. The number of rotatable bonds is 1. The number of nitrogen functional groups attached to an aromatic ring is 1. The average molecular weight is 226 g/mol. The van der Waals surface area contributed by atoms with Crippen LogP contribution in [0.3, 0.4) is 0 Å². The van der Waals surface area contributed by atoms with Crippen LogP contribution in [-0.2, 0) is 4.74 Å². The van der Waals surface area contributed by atoms with Crippen LogP contribution in [0.5, 0.6) is 0 Å². The number of carbonyl (C=O) groups is 1. The van der Waals surface area contributed by atoms with Gasteiger partial charge in [0.05, 0.1) is 12.1 Å². The molecule has 0 atom stereocenters. The molecule has 72 valence electrons. The van der Waals surface area contributed by atoms with Gasteiger partial charge in [0.2, 0.25) is 0 Å². The minimum absolute atomic E-state index is 0. The minimum atomic E-state index is -0.516. The Hall–Kier alpha value is -0.260. The van der Waals surface area contributed by atoms with Gasteiger partial charge >= 0.3 is 35.5 Å². The van der Waals surface area contributed by atoms with E-state index in [1.165, 1.54) is 7.11 Å². The van der Waals surface area contributed by atoms with Gasteiger partial charge in [-0.1, -0.05) is 17.7 Å². The molecule has 3 N–H and O–H groups in total. The van der Waals surface area contributed by atoms with E-state index in [2.05, 4.69) is 4.74 Å². The van der Waals surface area contributed by atoms with Crippen molar-refractivity contribution in [1.29, 1.82) is 0 Å². The quantitative estimate of drug-likeness (QED) is 0.360. The van der Waals surface area contributed by atoms with Gasteiger partial charge in [-0.05, 0) is 12.1 Å². The SMILES string of the molecule is COC(=O)c1c(N)cccc1Cl.[Na+].[OH-]. The molecule has 1 rings (SSSR count). The molecule has 0 aromatic heterocycles. The van der Waals surface area contributed by atoms with E-state index in [0.29, 0.717) is 10.7 Å². The van der Waals surface area contributed by atoms with Crippen LogP contribution in [0.1, 0.15) is 10.4 Å². The Bertz CT molecular complexity index is 299. The minimum Gasteiger partial charge on any atom is -0.870 e. The molecule has 14 heavy (non-hydrogen) atoms. The summed E-state index contributed by atoms with van der Waals surface area (Å²) < 4.78 is 4.49. The number of ether oxygens (including phenoxy) is 1. The summed E-state index contributed by atoms with van der Waals surface area (Å²) in [7, 11) is 1.28. The molecule has 0 aliphatic rings. The van der Waals surface area contributed by atoms with Crippen molar-refractivity contribution in [2.45, 2.75) is 0 Å². The Morgan fingerprint density at radius 3 is 2.50 bits per heavy atom. The Kier molecular flexibility index (Phi) is 8.19. The number of esters is 1. The van der Waals surface area contributed by atoms with Crippen LogP contribution in [-0.4, -0.2) is 18.6 Å². The van der Waals surface area contributed by atoms with Gasteiger partial charge in [-0.3, -0.25) is 0 Å². The number of nitrogens with two attached hydrogens (primary N) is 1. The topological polar surface area (TPSA) is 82.3 Å². The number of carbonyl (C=O) groups excluding carboxylic acids is 1. The van der Waals surface area contributed by atoms with E-state index in [-0.39, 0.29) is 40.6 Å². The zero-order valence-electron chi connectivity index (χ0n) is 7.95. The van der Waals surface area contributed by atoms with E-state index in [4.69, 9.17) is 17.3 Å². The average Bonchev–Trinajstić information content (AvgIpc) is 2.03. The smallest absolute Gasteiger partial charge is 0.870 e. The van der Waals surface area contributed by atoms with E-state index >= 15 is 0 Å². The van der Waals surface area contributed by atoms with Crippen LogP contribution >= 0.6 is 11.6 Å². The van der Waals surface area contributed by atoms with Gasteiger partial charge in [0, 0.05) is 5.69 Å². The maximum atomic E-state index is 11.1. The second kappa shape index (κ2) is 7.09. The predicted molar refractivity (Wildman–Crippen MR) is 49.1 cm³/mol. The monoisotopic (exact) mass is 225 g/mol. The second-order valence-electron chi connectivity index (χ2n) is 2.20. The third kappa shape index (κ3) is 3.48. The first-order valence-electron chi connectivity index (χ1n) is 3.29. The van der Waals surface area contributed by atoms with Crippen molar-refractivity contribution >= 4 is 23.3 Å². The third-order valence-electron chi connectivity index (χ3n) is 1.44. The molecule has 0 saturated carbocycles. The molecule has 0 spiro atoms. The standard InChI is InChI=1S/C8H8ClNO2.Na.H2O/c1-12-8(11)7-5(9)3-2-4-6(7)10;;/h2-4H,10H2,1H3;;1H2/q;+1;/p-1. The van der Waals surface area contributed by atoms with Crippen LogP contribution < -0.4 is 35.3 Å². The van der Waals surface area contributed by atoms with E-state index in [9.17, 15) is 4.79 Å². The Balaban J connectivity index is 0. The van der Waals surface area contributed by atoms with Gasteiger partial charge in [-0.2, -0.15) is 0 Å². The fourth-order valence-corrected chi connectivity index (χ4v) is 1.12. The van der Waals surface area contributed by atoms with Gasteiger partial charge in [-0.15, -0.1) is 0 Å². The van der Waals surface area contributed by atoms with Crippen molar-refractivity contribution in [2.24, 2.45) is 0 Å². The van der Waals surface area contributed by atoms with Gasteiger partial charge in [0.1, 0.15) is 5.56 Å². The number of anilines is 1. The molecular formula is C8H9ClNNaO3. The molecule has 6 heteroatoms. The summed E-state index contributed by atoms with van der Waals surface area (Å²) in [6, 6.07) is 4.85. The number of hydrogen-bond donors (Lipinski definition) is 1. The fourth-order valence-electron chi connectivity index (χ4n) is 0.858. The molecule has 0 fully saturated rings. The Morgan fingerprint density at radius 1 is 1.50 bits per heavy atom. The van der Waals surface area contributed by atoms with Crippen LogP contribution in [0, 0.1) is 0 Å². The molecule has 0 saturated heterocycles. The van der Waals surface area contributed by atoms with E-state index in [0.717, 1.165) is 0 Å². The van der Waals surface area contributed by atoms with Crippen LogP contribution in [0.2, 0.25) is 5.02 Å². The maximum Gasteiger partial charge on any atom is 1.00 e. The summed E-state index contributed by atoms with van der Waals surface area (Å²) in [6.45, 7) is 0. The van der Waals surface area contributed by atoms with Gasteiger partial charge in [0.15, 0.2) is 0 Å². The fraction of sp³-hybridized carbons (Fsp3) is 0.125. The van der Waals surface area contributed by atoms with Crippen LogP contribution in [0.4, 0.5) is 5.69 Å². The van der Waals surface area contributed by atoms with Crippen molar-refractivity contribution in [2.75, 3.05) is 12.8 Å². The summed E-state index contributed by atoms with van der Waals surface area (Å²) in [5.41, 5.74) is 6.06. The molecule has 4 nitrogen and oxygen atoms in total. The first-order chi connectivity index (χ1) is 5.66. The molecule has 1 aromatic carbocycles. The van der Waals surface area contributed by atoms with Gasteiger partial charge < -0.3 is 15.9 Å². The van der Waals surface area contributed by atoms with E-state index in [1.807, 2.05) is 0 Å². The second-order valence-corrected chi connectivity index (χ2v) is 2.60. The first kappa shape index (κ1) is 16.2. The molecule has 0 amide bonds. The van der Waals surface area contributed by atoms with Crippen LogP contribution in [0.25, 0.3) is 0 Å². The molecular weight excluding hydrogens is 217 g/mol. The molecule has 1 aromatic rings. The molecule has 0 bridgehead atoms. The molecule has 0 aliphatic heterocycles. The van der Waals surface area contributed by atoms with Crippen molar-refractivity contribution in [3.8, 4) is 0 Å². The largest absolute Gasteiger partial charge is 1.00 e. The normalized spacial score (nSPS) is 8.14. The Labute approximate surface area is 109 Å². The maximum absolute atomic E-state index is 11.1. The van der Waals surface area contributed by atoms with E-state index in [1.54, 1.807) is 18.2 Å². The number of halogens is 1. The number of methoxy groups -OCH3 is 1. The Morgan fingerprint density at radius 2 is 2.07 bits per heavy atom. The molecule has 0 heterocycles.